The van der Waals surface area contributed by atoms with E-state index in [2.05, 4.69) is 29.3 Å². The van der Waals surface area contributed by atoms with E-state index >= 15 is 0 Å². The second-order valence-electron chi connectivity index (χ2n) is 4.97. The molecule has 0 saturated heterocycles. The van der Waals surface area contributed by atoms with Gasteiger partial charge < -0.3 is 15.4 Å². The van der Waals surface area contributed by atoms with Gasteiger partial charge in [0.05, 0.1) is 24.0 Å². The van der Waals surface area contributed by atoms with Gasteiger partial charge in [-0.3, -0.25) is 0 Å². The number of rotatable bonds is 5. The smallest absolute Gasteiger partial charge is 0.340 e. The molecule has 0 aliphatic carbocycles. The first kappa shape index (κ1) is 15.4. The van der Waals surface area contributed by atoms with E-state index in [0.29, 0.717) is 11.3 Å². The predicted octanol–water partition coefficient (Wildman–Crippen LogP) is 3.18. The molecule has 0 aliphatic heterocycles. The zero-order valence-corrected chi connectivity index (χ0v) is 13.3. The Bertz CT molecular complexity index is 611. The fourth-order valence-corrected chi connectivity index (χ4v) is 3.07. The van der Waals surface area contributed by atoms with Crippen LogP contribution in [-0.4, -0.2) is 26.2 Å². The zero-order chi connectivity index (χ0) is 15.4. The number of esters is 1. The fraction of sp³-hybridized carbons (Fsp3) is 0.312. The molecule has 1 aromatic carbocycles. The van der Waals surface area contributed by atoms with Crippen molar-refractivity contribution in [1.82, 2.24) is 0 Å². The average Bonchev–Trinajstić information content (AvgIpc) is 2.99. The quantitative estimate of drug-likeness (QED) is 0.681. The van der Waals surface area contributed by atoms with Crippen LogP contribution in [0.25, 0.3) is 0 Å². The van der Waals surface area contributed by atoms with Crippen molar-refractivity contribution in [2.45, 2.75) is 19.4 Å². The molecule has 1 unspecified atom stereocenters. The lowest BCUT2D eigenvalue weighted by Gasteiger charge is -2.28. The van der Waals surface area contributed by atoms with E-state index in [1.165, 1.54) is 12.0 Å². The molecular weight excluding hydrogens is 284 g/mol. The molecule has 0 fully saturated rings. The number of ether oxygens (including phenoxy) is 1. The third kappa shape index (κ3) is 3.36. The Morgan fingerprint density at radius 3 is 2.76 bits per heavy atom. The van der Waals surface area contributed by atoms with Gasteiger partial charge in [0, 0.05) is 24.4 Å². The number of benzene rings is 1. The number of anilines is 2. The predicted molar refractivity (Wildman–Crippen MR) is 88.1 cm³/mol. The Morgan fingerprint density at radius 2 is 2.14 bits per heavy atom. The lowest BCUT2D eigenvalue weighted by Crippen LogP contribution is -2.31. The third-order valence-corrected chi connectivity index (χ3v) is 4.50. The summed E-state index contributed by atoms with van der Waals surface area (Å²) in [5.41, 5.74) is 7.85. The van der Waals surface area contributed by atoms with Crippen molar-refractivity contribution >= 4 is 28.7 Å². The number of methoxy groups -OCH3 is 1. The minimum atomic E-state index is -0.409. The van der Waals surface area contributed by atoms with Crippen molar-refractivity contribution in [2.24, 2.45) is 0 Å². The van der Waals surface area contributed by atoms with Crippen molar-refractivity contribution in [3.63, 3.8) is 0 Å². The van der Waals surface area contributed by atoms with Crippen molar-refractivity contribution in [3.8, 4) is 0 Å². The SMILES string of the molecule is COC(=O)c1cccc(N(C)C(C)Cc2cccs2)c1N. The van der Waals surface area contributed by atoms with Crippen LogP contribution in [0.3, 0.4) is 0 Å². The van der Waals surface area contributed by atoms with Crippen LogP contribution in [0.2, 0.25) is 0 Å². The number of thiophene rings is 1. The fourth-order valence-electron chi connectivity index (χ4n) is 2.24. The third-order valence-electron chi connectivity index (χ3n) is 3.61. The molecular formula is C16H20N2O2S. The number of nitrogens with zero attached hydrogens (tertiary/aromatic N) is 1. The van der Waals surface area contributed by atoms with E-state index < -0.39 is 5.97 Å². The molecule has 1 atom stereocenters. The number of nitrogen functional groups attached to an aromatic ring is 1. The molecule has 0 bridgehead atoms. The van der Waals surface area contributed by atoms with Crippen LogP contribution in [0.1, 0.15) is 22.2 Å². The molecule has 112 valence electrons. The van der Waals surface area contributed by atoms with Gasteiger partial charge in [-0.2, -0.15) is 0 Å². The summed E-state index contributed by atoms with van der Waals surface area (Å²) in [7, 11) is 3.35. The van der Waals surface area contributed by atoms with Crippen LogP contribution in [-0.2, 0) is 11.2 Å². The Kier molecular flexibility index (Phi) is 4.85. The lowest BCUT2D eigenvalue weighted by atomic mass is 10.1. The largest absolute Gasteiger partial charge is 0.465 e. The maximum atomic E-state index is 11.7. The lowest BCUT2D eigenvalue weighted by molar-refractivity contribution is 0.0602. The van der Waals surface area contributed by atoms with Gasteiger partial charge in [0.15, 0.2) is 0 Å². The Labute approximate surface area is 129 Å². The van der Waals surface area contributed by atoms with E-state index in [4.69, 9.17) is 10.5 Å². The Morgan fingerprint density at radius 1 is 1.38 bits per heavy atom. The van der Waals surface area contributed by atoms with Gasteiger partial charge in [-0.15, -0.1) is 11.3 Å². The summed E-state index contributed by atoms with van der Waals surface area (Å²) in [6, 6.07) is 9.89. The van der Waals surface area contributed by atoms with Crippen molar-refractivity contribution in [3.05, 3.63) is 46.2 Å². The number of likely N-dealkylation sites (N-methyl/N-ethyl adjacent to an activating group) is 1. The summed E-state index contributed by atoms with van der Waals surface area (Å²) < 4.78 is 4.76. The second-order valence-corrected chi connectivity index (χ2v) is 6.01. The normalized spacial score (nSPS) is 12.0. The first-order valence-electron chi connectivity index (χ1n) is 6.76. The molecule has 0 radical (unpaired) electrons. The van der Waals surface area contributed by atoms with E-state index in [-0.39, 0.29) is 6.04 Å². The molecule has 4 nitrogen and oxygen atoms in total. The topological polar surface area (TPSA) is 55.6 Å². The number of nitrogens with two attached hydrogens (primary N) is 1. The monoisotopic (exact) mass is 304 g/mol. The van der Waals surface area contributed by atoms with Crippen LogP contribution >= 0.6 is 11.3 Å². The molecule has 2 aromatic rings. The maximum absolute atomic E-state index is 11.7. The highest BCUT2D eigenvalue weighted by atomic mass is 32.1. The summed E-state index contributed by atoms with van der Waals surface area (Å²) >= 11 is 1.75. The van der Waals surface area contributed by atoms with Crippen LogP contribution in [0.4, 0.5) is 11.4 Å². The molecule has 1 heterocycles. The van der Waals surface area contributed by atoms with E-state index in [0.717, 1.165) is 12.1 Å². The minimum absolute atomic E-state index is 0.277. The van der Waals surface area contributed by atoms with Gasteiger partial charge in [-0.25, -0.2) is 4.79 Å². The first-order chi connectivity index (χ1) is 10.0. The number of para-hydroxylation sites is 1. The number of carbonyl (C=O) groups is 1. The van der Waals surface area contributed by atoms with Crippen molar-refractivity contribution in [1.29, 1.82) is 0 Å². The molecule has 1 aromatic heterocycles. The van der Waals surface area contributed by atoms with Gasteiger partial charge in [-0.1, -0.05) is 12.1 Å². The van der Waals surface area contributed by atoms with E-state index in [1.807, 2.05) is 19.2 Å². The van der Waals surface area contributed by atoms with Crippen molar-refractivity contribution in [2.75, 3.05) is 24.8 Å². The summed E-state index contributed by atoms with van der Waals surface area (Å²) in [5.74, 6) is -0.409. The van der Waals surface area contributed by atoms with E-state index in [9.17, 15) is 4.79 Å². The Hall–Kier alpha value is -2.01. The molecule has 0 saturated carbocycles. The Balaban J connectivity index is 2.22. The molecule has 0 spiro atoms. The minimum Gasteiger partial charge on any atom is -0.465 e. The molecule has 0 amide bonds. The molecule has 2 rings (SSSR count). The van der Waals surface area contributed by atoms with Gasteiger partial charge in [0.25, 0.3) is 0 Å². The van der Waals surface area contributed by atoms with Crippen LogP contribution in [0, 0.1) is 0 Å². The summed E-state index contributed by atoms with van der Waals surface area (Å²) in [6.45, 7) is 2.14. The maximum Gasteiger partial charge on any atom is 0.340 e. The van der Waals surface area contributed by atoms with Gasteiger partial charge in [-0.05, 0) is 30.5 Å². The van der Waals surface area contributed by atoms with Crippen LogP contribution in [0.5, 0.6) is 0 Å². The number of hydrogen-bond donors (Lipinski definition) is 1. The zero-order valence-electron chi connectivity index (χ0n) is 12.5. The molecule has 5 heteroatoms. The van der Waals surface area contributed by atoms with Gasteiger partial charge in [0.1, 0.15) is 0 Å². The highest BCUT2D eigenvalue weighted by Crippen LogP contribution is 2.28. The highest BCUT2D eigenvalue weighted by Gasteiger charge is 2.18. The molecule has 21 heavy (non-hydrogen) atoms. The van der Waals surface area contributed by atoms with Gasteiger partial charge in [0.2, 0.25) is 0 Å². The highest BCUT2D eigenvalue weighted by molar-refractivity contribution is 7.09. The van der Waals surface area contributed by atoms with Crippen LogP contribution in [0.15, 0.2) is 35.7 Å². The first-order valence-corrected chi connectivity index (χ1v) is 7.64. The summed E-state index contributed by atoms with van der Waals surface area (Å²) in [5, 5.41) is 2.08. The molecule has 2 N–H and O–H groups in total. The van der Waals surface area contributed by atoms with Gasteiger partial charge >= 0.3 is 5.97 Å². The summed E-state index contributed by atoms with van der Waals surface area (Å²) in [6.07, 6.45) is 0.941. The summed E-state index contributed by atoms with van der Waals surface area (Å²) in [4.78, 5) is 15.1. The standard InChI is InChI=1S/C16H20N2O2S/c1-11(10-12-6-5-9-21-12)18(2)14-8-4-7-13(15(14)17)16(19)20-3/h4-9,11H,10,17H2,1-3H3. The van der Waals surface area contributed by atoms with Crippen molar-refractivity contribution < 1.29 is 9.53 Å². The number of carbonyl (C=O) groups excluding carboxylic acids is 1. The molecule has 0 aliphatic rings. The van der Waals surface area contributed by atoms with E-state index in [1.54, 1.807) is 17.4 Å². The number of hydrogen-bond acceptors (Lipinski definition) is 5. The average molecular weight is 304 g/mol. The van der Waals surface area contributed by atoms with Crippen LogP contribution < -0.4 is 10.6 Å². The second kappa shape index (κ2) is 6.63.